The summed E-state index contributed by atoms with van der Waals surface area (Å²) in [4.78, 5) is 0. The van der Waals surface area contributed by atoms with Gasteiger partial charge in [0.2, 0.25) is 0 Å². The first-order valence-electron chi connectivity index (χ1n) is 6.41. The van der Waals surface area contributed by atoms with Crippen LogP contribution in [0.3, 0.4) is 0 Å². The number of nitrogens with zero attached hydrogens (tertiary/aromatic N) is 4. The van der Waals surface area contributed by atoms with Crippen LogP contribution in [-0.2, 0) is 13.6 Å². The molecule has 2 aromatic heterocycles. The molecule has 0 aliphatic carbocycles. The van der Waals surface area contributed by atoms with Crippen molar-refractivity contribution in [3.05, 3.63) is 34.9 Å². The maximum absolute atomic E-state index is 6.22. The molecule has 104 valence electrons. The highest BCUT2D eigenvalue weighted by Crippen LogP contribution is 2.19. The van der Waals surface area contributed by atoms with Crippen LogP contribution >= 0.6 is 11.6 Å². The van der Waals surface area contributed by atoms with Gasteiger partial charge in [0, 0.05) is 37.6 Å². The molecular formula is C13H20ClN5. The van der Waals surface area contributed by atoms with E-state index in [9.17, 15) is 0 Å². The summed E-state index contributed by atoms with van der Waals surface area (Å²) in [5.41, 5.74) is 2.03. The van der Waals surface area contributed by atoms with Gasteiger partial charge in [-0.2, -0.15) is 10.2 Å². The van der Waals surface area contributed by atoms with Crippen LogP contribution in [0.1, 0.15) is 31.1 Å². The Balaban J connectivity index is 1.98. The number of hydrogen-bond donors (Lipinski definition) is 1. The van der Waals surface area contributed by atoms with Gasteiger partial charge in [0.15, 0.2) is 0 Å². The minimum Gasteiger partial charge on any atom is -0.308 e. The fourth-order valence-electron chi connectivity index (χ4n) is 2.06. The van der Waals surface area contributed by atoms with E-state index in [1.165, 1.54) is 0 Å². The molecule has 0 spiro atoms. The summed E-state index contributed by atoms with van der Waals surface area (Å²) >= 11 is 6.22. The van der Waals surface area contributed by atoms with Crippen molar-refractivity contribution in [2.75, 3.05) is 0 Å². The van der Waals surface area contributed by atoms with Crippen LogP contribution in [0.5, 0.6) is 0 Å². The minimum absolute atomic E-state index is 0.283. The fraction of sp³-hybridized carbons (Fsp3) is 0.538. The molecule has 0 aromatic carbocycles. The molecule has 0 aliphatic heterocycles. The Morgan fingerprint density at radius 1 is 1.42 bits per heavy atom. The summed E-state index contributed by atoms with van der Waals surface area (Å²) in [6, 6.07) is 2.51. The number of aryl methyl sites for hydroxylation is 2. The topological polar surface area (TPSA) is 47.7 Å². The van der Waals surface area contributed by atoms with E-state index in [-0.39, 0.29) is 12.1 Å². The van der Waals surface area contributed by atoms with Gasteiger partial charge in [-0.25, -0.2) is 0 Å². The summed E-state index contributed by atoms with van der Waals surface area (Å²) < 4.78 is 3.66. The highest BCUT2D eigenvalue weighted by molar-refractivity contribution is 6.30. The molecule has 0 saturated heterocycles. The lowest BCUT2D eigenvalue weighted by molar-refractivity contribution is 0.365. The van der Waals surface area contributed by atoms with Crippen LogP contribution in [0.4, 0.5) is 0 Å². The lowest BCUT2D eigenvalue weighted by Crippen LogP contribution is -2.33. The number of aromatic nitrogens is 4. The third-order valence-electron chi connectivity index (χ3n) is 3.54. The van der Waals surface area contributed by atoms with E-state index < -0.39 is 0 Å². The van der Waals surface area contributed by atoms with Gasteiger partial charge in [-0.15, -0.1) is 0 Å². The predicted molar refractivity (Wildman–Crippen MR) is 76.2 cm³/mol. The summed E-state index contributed by atoms with van der Waals surface area (Å²) in [5.74, 6) is 0. The number of hydrogen-bond acceptors (Lipinski definition) is 3. The lowest BCUT2D eigenvalue weighted by Gasteiger charge is -2.21. The van der Waals surface area contributed by atoms with Crippen molar-refractivity contribution < 1.29 is 0 Å². The van der Waals surface area contributed by atoms with Crippen molar-refractivity contribution in [1.29, 1.82) is 0 Å². The van der Waals surface area contributed by atoms with Crippen molar-refractivity contribution in [1.82, 2.24) is 24.9 Å². The maximum Gasteiger partial charge on any atom is 0.131 e. The molecule has 0 fully saturated rings. The molecule has 0 bridgehead atoms. The molecule has 6 heteroatoms. The van der Waals surface area contributed by atoms with Crippen LogP contribution in [0.15, 0.2) is 18.5 Å². The van der Waals surface area contributed by atoms with Gasteiger partial charge in [-0.1, -0.05) is 11.6 Å². The summed E-state index contributed by atoms with van der Waals surface area (Å²) in [5, 5.41) is 12.8. The third kappa shape index (κ3) is 2.98. The van der Waals surface area contributed by atoms with Crippen molar-refractivity contribution >= 4 is 11.6 Å². The van der Waals surface area contributed by atoms with E-state index in [0.717, 1.165) is 11.3 Å². The summed E-state index contributed by atoms with van der Waals surface area (Å²) in [7, 11) is 1.86. The molecule has 0 amide bonds. The molecule has 0 unspecified atom stereocenters. The van der Waals surface area contributed by atoms with E-state index in [1.807, 2.05) is 30.9 Å². The average Bonchev–Trinajstić information content (AvgIpc) is 2.97. The van der Waals surface area contributed by atoms with Crippen molar-refractivity contribution in [2.45, 2.75) is 39.4 Å². The van der Waals surface area contributed by atoms with Crippen molar-refractivity contribution in [2.24, 2.45) is 7.05 Å². The minimum atomic E-state index is 0.283. The Hall–Kier alpha value is -1.33. The molecule has 19 heavy (non-hydrogen) atoms. The molecule has 2 aromatic rings. The van der Waals surface area contributed by atoms with Gasteiger partial charge in [0.25, 0.3) is 0 Å². The SMILES string of the molecule is Cc1nn(C)c(Cl)c1CN[C@@H](C)[C@@H](C)n1cccn1. The molecule has 5 nitrogen and oxygen atoms in total. The first-order valence-corrected chi connectivity index (χ1v) is 6.79. The van der Waals surface area contributed by atoms with Crippen LogP contribution in [0, 0.1) is 6.92 Å². The van der Waals surface area contributed by atoms with Crippen LogP contribution in [0.25, 0.3) is 0 Å². The first-order chi connectivity index (χ1) is 9.00. The maximum atomic E-state index is 6.22. The smallest absolute Gasteiger partial charge is 0.131 e. The van der Waals surface area contributed by atoms with Crippen LogP contribution in [-0.4, -0.2) is 25.6 Å². The van der Waals surface area contributed by atoms with Gasteiger partial charge >= 0.3 is 0 Å². The van der Waals surface area contributed by atoms with Crippen LogP contribution < -0.4 is 5.32 Å². The largest absolute Gasteiger partial charge is 0.308 e. The molecule has 2 rings (SSSR count). The first kappa shape index (κ1) is 14.1. The van der Waals surface area contributed by atoms with Crippen molar-refractivity contribution in [3.63, 3.8) is 0 Å². The Morgan fingerprint density at radius 3 is 2.68 bits per heavy atom. The van der Waals surface area contributed by atoms with Crippen molar-refractivity contribution in [3.8, 4) is 0 Å². The highest BCUT2D eigenvalue weighted by atomic mass is 35.5. The second-order valence-corrected chi connectivity index (χ2v) is 5.23. The number of nitrogens with one attached hydrogen (secondary N) is 1. The highest BCUT2D eigenvalue weighted by Gasteiger charge is 2.16. The zero-order valence-corrected chi connectivity index (χ0v) is 12.5. The van der Waals surface area contributed by atoms with E-state index in [2.05, 4.69) is 29.4 Å². The second-order valence-electron chi connectivity index (χ2n) is 4.87. The average molecular weight is 282 g/mol. The van der Waals surface area contributed by atoms with Gasteiger partial charge in [0.1, 0.15) is 5.15 Å². The molecule has 2 heterocycles. The van der Waals surface area contributed by atoms with E-state index in [4.69, 9.17) is 11.6 Å². The Kier molecular flexibility index (Phi) is 4.27. The molecule has 0 saturated carbocycles. The van der Waals surface area contributed by atoms with Gasteiger partial charge in [-0.05, 0) is 26.8 Å². The standard InChI is InChI=1S/C13H20ClN5/c1-9(11(3)19-7-5-6-16-19)15-8-12-10(2)17-18(4)13(12)14/h5-7,9,11,15H,8H2,1-4H3/t9-,11+/m0/s1. The fourth-order valence-corrected chi connectivity index (χ4v) is 2.30. The van der Waals surface area contributed by atoms with E-state index >= 15 is 0 Å². The zero-order chi connectivity index (χ0) is 14.0. The molecule has 0 radical (unpaired) electrons. The van der Waals surface area contributed by atoms with Crippen LogP contribution in [0.2, 0.25) is 5.15 Å². The molecule has 0 aliphatic rings. The Bertz CT molecular complexity index is 531. The third-order valence-corrected chi connectivity index (χ3v) is 4.01. The second kappa shape index (κ2) is 5.75. The quantitative estimate of drug-likeness (QED) is 0.915. The number of rotatable bonds is 5. The summed E-state index contributed by atoms with van der Waals surface area (Å²) in [6.45, 7) is 6.98. The summed E-state index contributed by atoms with van der Waals surface area (Å²) in [6.07, 6.45) is 3.77. The van der Waals surface area contributed by atoms with E-state index in [1.54, 1.807) is 10.9 Å². The molecule has 1 N–H and O–H groups in total. The van der Waals surface area contributed by atoms with E-state index in [0.29, 0.717) is 11.7 Å². The Morgan fingerprint density at radius 2 is 2.16 bits per heavy atom. The number of halogens is 1. The Labute approximate surface area is 118 Å². The monoisotopic (exact) mass is 281 g/mol. The zero-order valence-electron chi connectivity index (χ0n) is 11.8. The van der Waals surface area contributed by atoms with Gasteiger partial charge < -0.3 is 5.32 Å². The molecule has 2 atom stereocenters. The lowest BCUT2D eigenvalue weighted by atomic mass is 10.1. The molecular weight excluding hydrogens is 262 g/mol. The normalized spacial score (nSPS) is 14.6. The predicted octanol–water partition coefficient (Wildman–Crippen LogP) is 2.32. The van der Waals surface area contributed by atoms with Gasteiger partial charge in [-0.3, -0.25) is 9.36 Å². The van der Waals surface area contributed by atoms with Gasteiger partial charge in [0.05, 0.1) is 11.7 Å².